The van der Waals surface area contributed by atoms with E-state index in [2.05, 4.69) is 5.32 Å². The van der Waals surface area contributed by atoms with E-state index in [0.29, 0.717) is 19.5 Å². The van der Waals surface area contributed by atoms with Crippen LogP contribution in [0.15, 0.2) is 17.5 Å². The van der Waals surface area contributed by atoms with Gasteiger partial charge in [-0.2, -0.15) is 0 Å². The lowest BCUT2D eigenvalue weighted by atomic mass is 9.89. The number of likely N-dealkylation sites (tertiary alicyclic amines) is 1. The van der Waals surface area contributed by atoms with Crippen molar-refractivity contribution in [1.29, 1.82) is 0 Å². The van der Waals surface area contributed by atoms with Crippen LogP contribution in [0.4, 0.5) is 0 Å². The third-order valence-corrected chi connectivity index (χ3v) is 5.20. The lowest BCUT2D eigenvalue weighted by Gasteiger charge is -2.32. The zero-order chi connectivity index (χ0) is 16.9. The summed E-state index contributed by atoms with van der Waals surface area (Å²) >= 11 is 1.44. The van der Waals surface area contributed by atoms with Gasteiger partial charge in [0, 0.05) is 26.2 Å². The molecule has 23 heavy (non-hydrogen) atoms. The highest BCUT2D eigenvalue weighted by atomic mass is 32.1. The fourth-order valence-corrected chi connectivity index (χ4v) is 3.48. The summed E-state index contributed by atoms with van der Waals surface area (Å²) in [6.07, 6.45) is 2.33. The second-order valence-corrected chi connectivity index (χ2v) is 7.87. The molecule has 2 rings (SSSR count). The maximum Gasteiger partial charge on any atom is 0.263 e. The van der Waals surface area contributed by atoms with Crippen molar-refractivity contribution in [2.75, 3.05) is 26.2 Å². The van der Waals surface area contributed by atoms with Gasteiger partial charge < -0.3 is 15.3 Å². The van der Waals surface area contributed by atoms with Gasteiger partial charge in [-0.25, -0.2) is 0 Å². The highest BCUT2D eigenvalue weighted by Gasteiger charge is 2.30. The number of carbonyl (C=O) groups excluding carboxylic acids is 2. The Bertz CT molecular complexity index is 528. The normalized spacial score (nSPS) is 18.7. The fourth-order valence-electron chi connectivity index (χ4n) is 2.79. The molecule has 0 radical (unpaired) electrons. The first kappa shape index (κ1) is 17.9. The highest BCUT2D eigenvalue weighted by molar-refractivity contribution is 7.12. The summed E-state index contributed by atoms with van der Waals surface area (Å²) in [5.41, 5.74) is -0.119. The van der Waals surface area contributed by atoms with Gasteiger partial charge >= 0.3 is 0 Å². The number of amides is 2. The van der Waals surface area contributed by atoms with Crippen LogP contribution in [0.1, 0.15) is 42.8 Å². The number of piperidine rings is 1. The number of aliphatic hydroxyl groups is 1. The van der Waals surface area contributed by atoms with Gasteiger partial charge in [-0.05, 0) is 36.1 Å². The molecule has 0 saturated carbocycles. The van der Waals surface area contributed by atoms with Crippen LogP contribution in [0.5, 0.6) is 0 Å². The van der Waals surface area contributed by atoms with Crippen molar-refractivity contribution < 1.29 is 14.7 Å². The monoisotopic (exact) mass is 338 g/mol. The first-order valence-corrected chi connectivity index (χ1v) is 9.02. The van der Waals surface area contributed by atoms with Crippen molar-refractivity contribution >= 4 is 23.2 Å². The Kier molecular flexibility index (Phi) is 6.18. The van der Waals surface area contributed by atoms with Crippen molar-refractivity contribution in [2.45, 2.75) is 33.1 Å². The largest absolute Gasteiger partial charge is 0.396 e. The number of aliphatic hydroxyl groups excluding tert-OH is 1. The highest BCUT2D eigenvalue weighted by Crippen LogP contribution is 2.22. The van der Waals surface area contributed by atoms with Crippen LogP contribution in [-0.4, -0.2) is 48.1 Å². The molecule has 0 aliphatic carbocycles. The van der Waals surface area contributed by atoms with Crippen LogP contribution in [-0.2, 0) is 4.79 Å². The lowest BCUT2D eigenvalue weighted by molar-refractivity contribution is -0.126. The van der Waals surface area contributed by atoms with Gasteiger partial charge in [-0.3, -0.25) is 9.59 Å². The molecule has 1 unspecified atom stereocenters. The Labute approximate surface area is 141 Å². The van der Waals surface area contributed by atoms with Crippen molar-refractivity contribution in [1.82, 2.24) is 10.2 Å². The summed E-state index contributed by atoms with van der Waals surface area (Å²) in [7, 11) is 0. The van der Waals surface area contributed by atoms with Gasteiger partial charge in [-0.15, -0.1) is 11.3 Å². The van der Waals surface area contributed by atoms with Crippen LogP contribution in [0.25, 0.3) is 0 Å². The number of carbonyl (C=O) groups is 2. The van der Waals surface area contributed by atoms with E-state index in [1.165, 1.54) is 11.3 Å². The topological polar surface area (TPSA) is 69.6 Å². The quantitative estimate of drug-likeness (QED) is 0.835. The summed E-state index contributed by atoms with van der Waals surface area (Å²) in [6, 6.07) is 3.70. The number of rotatable bonds is 6. The van der Waals surface area contributed by atoms with E-state index in [-0.39, 0.29) is 29.8 Å². The predicted molar refractivity (Wildman–Crippen MR) is 91.4 cm³/mol. The maximum absolute atomic E-state index is 12.4. The Morgan fingerprint density at radius 1 is 1.48 bits per heavy atom. The second kappa shape index (κ2) is 7.93. The maximum atomic E-state index is 12.4. The van der Waals surface area contributed by atoms with Crippen molar-refractivity contribution in [3.8, 4) is 0 Å². The van der Waals surface area contributed by atoms with Gasteiger partial charge in [0.15, 0.2) is 0 Å². The third kappa shape index (κ3) is 5.04. The fraction of sp³-hybridized carbons (Fsp3) is 0.647. The number of nitrogens with zero attached hydrogens (tertiary/aromatic N) is 1. The molecule has 6 heteroatoms. The smallest absolute Gasteiger partial charge is 0.263 e. The molecule has 1 aromatic heterocycles. The molecule has 0 aromatic carbocycles. The molecular formula is C17H26N2O3S. The number of nitrogens with one attached hydrogen (secondary N) is 1. The molecule has 0 bridgehead atoms. The van der Waals surface area contributed by atoms with Gasteiger partial charge in [0.05, 0.1) is 10.8 Å². The summed E-state index contributed by atoms with van der Waals surface area (Å²) in [4.78, 5) is 27.3. The standard InChI is InChI=1S/C17H26N2O3S/c1-17(2,7-9-20)12-18-15(21)13-5-3-8-19(11-13)16(22)14-6-4-10-23-14/h4,6,10,13,20H,3,5,7-9,11-12H2,1-2H3,(H,18,21). The lowest BCUT2D eigenvalue weighted by Crippen LogP contribution is -2.46. The zero-order valence-electron chi connectivity index (χ0n) is 13.9. The summed E-state index contributed by atoms with van der Waals surface area (Å²) in [6.45, 7) is 5.92. The molecular weight excluding hydrogens is 312 g/mol. The van der Waals surface area contributed by atoms with Crippen molar-refractivity contribution in [3.63, 3.8) is 0 Å². The minimum atomic E-state index is -0.141. The molecule has 128 valence electrons. The zero-order valence-corrected chi connectivity index (χ0v) is 14.7. The molecule has 0 spiro atoms. The van der Waals surface area contributed by atoms with E-state index in [9.17, 15) is 9.59 Å². The van der Waals surface area contributed by atoms with Crippen LogP contribution in [0.2, 0.25) is 0 Å². The number of hydrogen-bond donors (Lipinski definition) is 2. The number of hydrogen-bond acceptors (Lipinski definition) is 4. The van der Waals surface area contributed by atoms with Gasteiger partial charge in [0.25, 0.3) is 5.91 Å². The summed E-state index contributed by atoms with van der Waals surface area (Å²) < 4.78 is 0. The first-order valence-electron chi connectivity index (χ1n) is 8.14. The minimum Gasteiger partial charge on any atom is -0.396 e. The molecule has 1 aliphatic heterocycles. The van der Waals surface area contributed by atoms with Gasteiger partial charge in [-0.1, -0.05) is 19.9 Å². The van der Waals surface area contributed by atoms with E-state index in [1.54, 1.807) is 4.90 Å². The minimum absolute atomic E-state index is 0.0136. The van der Waals surface area contributed by atoms with Gasteiger partial charge in [0.2, 0.25) is 5.91 Å². The second-order valence-electron chi connectivity index (χ2n) is 6.92. The van der Waals surface area contributed by atoms with E-state index in [4.69, 9.17) is 5.11 Å². The molecule has 1 fully saturated rings. The van der Waals surface area contributed by atoms with Crippen LogP contribution < -0.4 is 5.32 Å². The first-order chi connectivity index (χ1) is 10.9. The van der Waals surface area contributed by atoms with Crippen molar-refractivity contribution in [3.05, 3.63) is 22.4 Å². The average molecular weight is 338 g/mol. The Morgan fingerprint density at radius 2 is 2.26 bits per heavy atom. The Balaban J connectivity index is 1.88. The van der Waals surface area contributed by atoms with E-state index in [0.717, 1.165) is 24.3 Å². The van der Waals surface area contributed by atoms with E-state index < -0.39 is 0 Å². The predicted octanol–water partition coefficient (Wildman–Crippen LogP) is 2.13. The molecule has 2 heterocycles. The third-order valence-electron chi connectivity index (χ3n) is 4.34. The molecule has 2 N–H and O–H groups in total. The average Bonchev–Trinajstić information content (AvgIpc) is 3.06. The van der Waals surface area contributed by atoms with Gasteiger partial charge in [0.1, 0.15) is 0 Å². The molecule has 1 atom stereocenters. The molecule has 2 amide bonds. The SMILES string of the molecule is CC(C)(CCO)CNC(=O)C1CCCN(C(=O)c2cccs2)C1. The van der Waals surface area contributed by atoms with Crippen molar-refractivity contribution in [2.24, 2.45) is 11.3 Å². The Hall–Kier alpha value is -1.40. The van der Waals surface area contributed by atoms with Crippen LogP contribution >= 0.6 is 11.3 Å². The summed E-state index contributed by atoms with van der Waals surface area (Å²) in [5.74, 6) is -0.101. The van der Waals surface area contributed by atoms with Crippen LogP contribution in [0.3, 0.4) is 0 Å². The number of thiophene rings is 1. The molecule has 5 nitrogen and oxygen atoms in total. The summed E-state index contributed by atoms with van der Waals surface area (Å²) in [5, 5.41) is 13.9. The Morgan fingerprint density at radius 3 is 2.91 bits per heavy atom. The molecule has 1 aromatic rings. The van der Waals surface area contributed by atoms with E-state index >= 15 is 0 Å². The van der Waals surface area contributed by atoms with Crippen LogP contribution in [0, 0.1) is 11.3 Å². The van der Waals surface area contributed by atoms with E-state index in [1.807, 2.05) is 31.4 Å². The molecule has 1 saturated heterocycles. The molecule has 1 aliphatic rings.